The molecule has 5 rings (SSSR count). The molecule has 0 aliphatic carbocycles. The second-order valence-corrected chi connectivity index (χ2v) is 8.43. The highest BCUT2D eigenvalue weighted by Gasteiger charge is 2.48. The van der Waals surface area contributed by atoms with Crippen LogP contribution in [0.15, 0.2) is 42.5 Å². The van der Waals surface area contributed by atoms with Crippen molar-refractivity contribution in [2.24, 2.45) is 0 Å². The fourth-order valence-corrected chi connectivity index (χ4v) is 5.14. The normalized spacial score (nSPS) is 20.1. The minimum atomic E-state index is -0.617. The fraction of sp³-hybridized carbons (Fsp3) is 0.360. The molecular weight excluding hydrogens is 422 g/mol. The van der Waals surface area contributed by atoms with Gasteiger partial charge in [-0.1, -0.05) is 18.2 Å². The van der Waals surface area contributed by atoms with Gasteiger partial charge in [0.25, 0.3) is 0 Å². The molecule has 0 radical (unpaired) electrons. The number of nitrogens with one attached hydrogen (secondary N) is 1. The number of aromatic nitrogens is 1. The van der Waals surface area contributed by atoms with Crippen molar-refractivity contribution in [1.82, 2.24) is 14.8 Å². The van der Waals surface area contributed by atoms with Crippen LogP contribution in [0, 0.1) is 0 Å². The first-order valence-corrected chi connectivity index (χ1v) is 11.1. The molecule has 0 saturated carbocycles. The van der Waals surface area contributed by atoms with Gasteiger partial charge in [-0.25, -0.2) is 0 Å². The number of para-hydroxylation sites is 1. The van der Waals surface area contributed by atoms with Gasteiger partial charge >= 0.3 is 0 Å². The molecule has 33 heavy (non-hydrogen) atoms. The maximum atomic E-state index is 13.5. The second kappa shape index (κ2) is 8.44. The van der Waals surface area contributed by atoms with Gasteiger partial charge in [0.1, 0.15) is 23.6 Å². The Morgan fingerprint density at radius 2 is 1.94 bits per heavy atom. The second-order valence-electron chi connectivity index (χ2n) is 8.43. The van der Waals surface area contributed by atoms with Crippen LogP contribution in [0.2, 0.25) is 0 Å². The van der Waals surface area contributed by atoms with Crippen LogP contribution in [0.4, 0.5) is 0 Å². The molecule has 1 saturated heterocycles. The van der Waals surface area contributed by atoms with E-state index < -0.39 is 12.1 Å². The number of rotatable bonds is 6. The Labute approximate surface area is 191 Å². The standard InChI is InChI=1S/C25H27N3O5/c1-32-15-8-9-17(21(12-15)33-2)24-23-18(16-6-3-4-7-19(16)26-23)13-20-25(31)27(10-5-11-29)14-22(30)28(20)24/h3-4,6-9,12,20,24,26,29H,5,10-11,13-14H2,1-2H3/t20-,24-/m0/s1. The Kier molecular flexibility index (Phi) is 5.46. The Hall–Kier alpha value is -3.52. The number of aromatic amines is 1. The number of aliphatic hydroxyl groups is 1. The number of carbonyl (C=O) groups excluding carboxylic acids is 2. The van der Waals surface area contributed by atoms with Crippen LogP contribution in [0.5, 0.6) is 11.5 Å². The number of carbonyl (C=O) groups is 2. The lowest BCUT2D eigenvalue weighted by Crippen LogP contribution is -2.63. The van der Waals surface area contributed by atoms with E-state index in [4.69, 9.17) is 9.47 Å². The Balaban J connectivity index is 1.69. The Morgan fingerprint density at radius 1 is 1.12 bits per heavy atom. The summed E-state index contributed by atoms with van der Waals surface area (Å²) in [5, 5.41) is 10.3. The summed E-state index contributed by atoms with van der Waals surface area (Å²) in [5.41, 5.74) is 3.71. The van der Waals surface area contributed by atoms with E-state index in [1.54, 1.807) is 30.1 Å². The first kappa shape index (κ1) is 21.3. The zero-order chi connectivity index (χ0) is 23.1. The number of aliphatic hydroxyl groups excluding tert-OH is 1. The predicted molar refractivity (Wildman–Crippen MR) is 122 cm³/mol. The zero-order valence-corrected chi connectivity index (χ0v) is 18.7. The molecule has 2 aliphatic rings. The van der Waals surface area contributed by atoms with Gasteiger partial charge in [-0.05, 0) is 30.2 Å². The molecule has 3 aromatic rings. The first-order chi connectivity index (χ1) is 16.1. The molecule has 0 unspecified atom stereocenters. The summed E-state index contributed by atoms with van der Waals surface area (Å²) in [6, 6.07) is 12.4. The van der Waals surface area contributed by atoms with Crippen molar-refractivity contribution in [1.29, 1.82) is 0 Å². The maximum absolute atomic E-state index is 13.5. The van der Waals surface area contributed by atoms with Gasteiger partial charge < -0.3 is 29.4 Å². The number of amides is 2. The van der Waals surface area contributed by atoms with E-state index in [0.29, 0.717) is 30.9 Å². The molecule has 2 aliphatic heterocycles. The molecule has 3 heterocycles. The molecule has 8 nitrogen and oxygen atoms in total. The van der Waals surface area contributed by atoms with Crippen LogP contribution in [-0.4, -0.2) is 71.7 Å². The predicted octanol–water partition coefficient (Wildman–Crippen LogP) is 2.25. The van der Waals surface area contributed by atoms with Crippen LogP contribution in [0.25, 0.3) is 10.9 Å². The summed E-state index contributed by atoms with van der Waals surface area (Å²) in [6.07, 6.45) is 0.883. The van der Waals surface area contributed by atoms with E-state index >= 15 is 0 Å². The van der Waals surface area contributed by atoms with Gasteiger partial charge in [-0.15, -0.1) is 0 Å². The van der Waals surface area contributed by atoms with Crippen LogP contribution in [-0.2, 0) is 16.0 Å². The van der Waals surface area contributed by atoms with E-state index in [1.807, 2.05) is 36.4 Å². The monoisotopic (exact) mass is 449 g/mol. The van der Waals surface area contributed by atoms with E-state index in [2.05, 4.69) is 4.98 Å². The van der Waals surface area contributed by atoms with Crippen molar-refractivity contribution in [2.45, 2.75) is 24.9 Å². The third-order valence-corrected chi connectivity index (χ3v) is 6.66. The van der Waals surface area contributed by atoms with Crippen molar-refractivity contribution in [3.63, 3.8) is 0 Å². The van der Waals surface area contributed by atoms with Gasteiger partial charge in [0, 0.05) is 47.8 Å². The minimum absolute atomic E-state index is 0.000134. The summed E-state index contributed by atoms with van der Waals surface area (Å²) in [4.78, 5) is 33.8. The average Bonchev–Trinajstić information content (AvgIpc) is 3.22. The van der Waals surface area contributed by atoms with E-state index in [0.717, 1.165) is 27.7 Å². The number of nitrogens with zero attached hydrogens (tertiary/aromatic N) is 2. The molecule has 8 heteroatoms. The van der Waals surface area contributed by atoms with Crippen LogP contribution < -0.4 is 9.47 Å². The molecule has 2 aromatic carbocycles. The molecule has 2 amide bonds. The highest BCUT2D eigenvalue weighted by Crippen LogP contribution is 2.45. The lowest BCUT2D eigenvalue weighted by atomic mass is 9.85. The molecule has 1 aromatic heterocycles. The summed E-state index contributed by atoms with van der Waals surface area (Å²) in [6.45, 7) is 0.340. The number of methoxy groups -OCH3 is 2. The molecule has 1 fully saturated rings. The number of hydrogen-bond donors (Lipinski definition) is 2. The van der Waals surface area contributed by atoms with Gasteiger partial charge in [0.05, 0.1) is 20.8 Å². The number of H-pyrrole nitrogens is 1. The zero-order valence-electron chi connectivity index (χ0n) is 18.7. The Morgan fingerprint density at radius 3 is 2.70 bits per heavy atom. The molecule has 2 atom stereocenters. The van der Waals surface area contributed by atoms with Crippen LogP contribution in [0.3, 0.4) is 0 Å². The summed E-state index contributed by atoms with van der Waals surface area (Å²) < 4.78 is 11.1. The quantitative estimate of drug-likeness (QED) is 0.602. The van der Waals surface area contributed by atoms with Gasteiger partial charge in [0.2, 0.25) is 11.8 Å². The number of piperazine rings is 1. The highest BCUT2D eigenvalue weighted by atomic mass is 16.5. The number of benzene rings is 2. The van der Waals surface area contributed by atoms with Crippen LogP contribution >= 0.6 is 0 Å². The summed E-state index contributed by atoms with van der Waals surface area (Å²) >= 11 is 0. The molecule has 0 spiro atoms. The lowest BCUT2D eigenvalue weighted by molar-refractivity contribution is -0.158. The van der Waals surface area contributed by atoms with Crippen molar-refractivity contribution in [3.8, 4) is 11.5 Å². The first-order valence-electron chi connectivity index (χ1n) is 11.1. The van der Waals surface area contributed by atoms with Gasteiger partial charge in [0.15, 0.2) is 0 Å². The van der Waals surface area contributed by atoms with Crippen molar-refractivity contribution >= 4 is 22.7 Å². The van der Waals surface area contributed by atoms with Gasteiger partial charge in [-0.2, -0.15) is 0 Å². The average molecular weight is 450 g/mol. The number of ether oxygens (including phenoxy) is 2. The fourth-order valence-electron chi connectivity index (χ4n) is 5.14. The van der Waals surface area contributed by atoms with Crippen LogP contribution in [0.1, 0.15) is 29.3 Å². The molecule has 2 N–H and O–H groups in total. The minimum Gasteiger partial charge on any atom is -0.497 e. The Bertz CT molecular complexity index is 1220. The third-order valence-electron chi connectivity index (χ3n) is 6.66. The van der Waals surface area contributed by atoms with E-state index in [9.17, 15) is 14.7 Å². The van der Waals surface area contributed by atoms with E-state index in [-0.39, 0.29) is 25.0 Å². The van der Waals surface area contributed by atoms with E-state index in [1.165, 1.54) is 0 Å². The largest absolute Gasteiger partial charge is 0.497 e. The number of fused-ring (bicyclic) bond motifs is 4. The maximum Gasteiger partial charge on any atom is 0.246 e. The smallest absolute Gasteiger partial charge is 0.246 e. The SMILES string of the molecule is COc1ccc([C@H]2c3[nH]c4ccccc4c3C[C@H]3C(=O)N(CCCO)CC(=O)N23)c(OC)c1. The van der Waals surface area contributed by atoms with Crippen molar-refractivity contribution in [3.05, 3.63) is 59.3 Å². The van der Waals surface area contributed by atoms with Crippen molar-refractivity contribution in [2.75, 3.05) is 33.9 Å². The highest BCUT2D eigenvalue weighted by molar-refractivity contribution is 5.97. The molecule has 172 valence electrons. The molecular formula is C25H27N3O5. The summed E-state index contributed by atoms with van der Waals surface area (Å²) in [5.74, 6) is 1.03. The van der Waals surface area contributed by atoms with Gasteiger partial charge in [-0.3, -0.25) is 9.59 Å². The molecule has 0 bridgehead atoms. The lowest BCUT2D eigenvalue weighted by Gasteiger charge is -2.47. The van der Waals surface area contributed by atoms with Crippen molar-refractivity contribution < 1.29 is 24.2 Å². The number of hydrogen-bond acceptors (Lipinski definition) is 5. The third kappa shape index (κ3) is 3.41. The topological polar surface area (TPSA) is 95.1 Å². The summed E-state index contributed by atoms with van der Waals surface area (Å²) in [7, 11) is 3.18.